The summed E-state index contributed by atoms with van der Waals surface area (Å²) in [6.45, 7) is 4.77. The van der Waals surface area contributed by atoms with Crippen molar-refractivity contribution in [3.05, 3.63) is 65.7 Å². The zero-order valence-electron chi connectivity index (χ0n) is 16.8. The number of hydrogen-bond acceptors (Lipinski definition) is 4. The molecule has 0 radical (unpaired) electrons. The van der Waals surface area contributed by atoms with Crippen molar-refractivity contribution < 1.29 is 14.4 Å². The van der Waals surface area contributed by atoms with Crippen LogP contribution in [0.1, 0.15) is 46.9 Å². The lowest BCUT2D eigenvalue weighted by Gasteiger charge is -2.23. The van der Waals surface area contributed by atoms with E-state index in [1.165, 1.54) is 10.6 Å². The number of anilines is 1. The molecule has 1 aliphatic heterocycles. The number of carbonyl (C=O) groups excluding carboxylic acids is 3. The molecule has 1 N–H and O–H groups in total. The highest BCUT2D eigenvalue weighted by Gasteiger charge is 2.34. The summed E-state index contributed by atoms with van der Waals surface area (Å²) in [4.78, 5) is 40.2. The van der Waals surface area contributed by atoms with Crippen molar-refractivity contribution in [3.63, 3.8) is 0 Å². The summed E-state index contributed by atoms with van der Waals surface area (Å²) < 4.78 is 0. The Labute approximate surface area is 171 Å². The molecule has 6 heteroatoms. The van der Waals surface area contributed by atoms with Crippen molar-refractivity contribution in [3.8, 4) is 0 Å². The largest absolute Gasteiger partial charge is 0.372 e. The number of para-hydroxylation sites is 1. The molecule has 0 bridgehead atoms. The van der Waals surface area contributed by atoms with Gasteiger partial charge in [0, 0.05) is 38.3 Å². The minimum absolute atomic E-state index is 0.0515. The fraction of sp³-hybridized carbons (Fsp3) is 0.348. The molecule has 29 heavy (non-hydrogen) atoms. The first-order valence-corrected chi connectivity index (χ1v) is 10.1. The van der Waals surface area contributed by atoms with Crippen LogP contribution < -0.4 is 10.2 Å². The Bertz CT molecular complexity index is 832. The van der Waals surface area contributed by atoms with Gasteiger partial charge in [-0.1, -0.05) is 30.3 Å². The zero-order valence-corrected chi connectivity index (χ0v) is 16.8. The fourth-order valence-corrected chi connectivity index (χ4v) is 3.53. The Morgan fingerprint density at radius 1 is 0.931 bits per heavy atom. The van der Waals surface area contributed by atoms with Crippen LogP contribution in [-0.2, 0) is 4.79 Å². The second-order valence-corrected chi connectivity index (χ2v) is 7.03. The molecule has 3 amide bonds. The number of rotatable bonds is 10. The summed E-state index contributed by atoms with van der Waals surface area (Å²) in [5, 5.41) is 2.92. The van der Waals surface area contributed by atoms with Gasteiger partial charge in [-0.3, -0.25) is 19.3 Å². The number of imide groups is 1. The molecule has 0 saturated carbocycles. The Morgan fingerprint density at radius 2 is 1.55 bits per heavy atom. The monoisotopic (exact) mass is 393 g/mol. The highest BCUT2D eigenvalue weighted by molar-refractivity contribution is 6.21. The van der Waals surface area contributed by atoms with E-state index in [4.69, 9.17) is 0 Å². The molecule has 0 aromatic heterocycles. The van der Waals surface area contributed by atoms with Crippen LogP contribution in [0.3, 0.4) is 0 Å². The van der Waals surface area contributed by atoms with Crippen LogP contribution in [-0.4, -0.2) is 48.8 Å². The third-order valence-corrected chi connectivity index (χ3v) is 5.09. The lowest BCUT2D eigenvalue weighted by atomic mass is 10.1. The predicted octanol–water partition coefficient (Wildman–Crippen LogP) is 3.10. The third kappa shape index (κ3) is 5.02. The maximum atomic E-state index is 12.3. The topological polar surface area (TPSA) is 69.7 Å². The van der Waals surface area contributed by atoms with Crippen LogP contribution in [0, 0.1) is 0 Å². The quantitative estimate of drug-likeness (QED) is 0.497. The number of nitrogens with zero attached hydrogens (tertiary/aromatic N) is 2. The molecule has 3 rings (SSSR count). The molecule has 0 spiro atoms. The number of hydrogen-bond donors (Lipinski definition) is 1. The molecule has 2 aromatic rings. The molecule has 0 unspecified atom stereocenters. The number of carbonyl (C=O) groups is 3. The van der Waals surface area contributed by atoms with Crippen molar-refractivity contribution in [2.24, 2.45) is 0 Å². The molecule has 6 nitrogen and oxygen atoms in total. The summed E-state index contributed by atoms with van der Waals surface area (Å²) >= 11 is 0. The van der Waals surface area contributed by atoms with Gasteiger partial charge in [-0.2, -0.15) is 0 Å². The van der Waals surface area contributed by atoms with Gasteiger partial charge in [-0.05, 0) is 44.0 Å². The van der Waals surface area contributed by atoms with Crippen LogP contribution in [0.2, 0.25) is 0 Å². The summed E-state index contributed by atoms with van der Waals surface area (Å²) in [5.41, 5.74) is 2.07. The number of nitrogens with one attached hydrogen (secondary N) is 1. The van der Waals surface area contributed by atoms with Crippen LogP contribution in [0.4, 0.5) is 5.69 Å². The van der Waals surface area contributed by atoms with E-state index in [1.54, 1.807) is 24.3 Å². The molecule has 0 atom stereocenters. The lowest BCUT2D eigenvalue weighted by Crippen LogP contribution is -2.32. The minimum Gasteiger partial charge on any atom is -0.372 e. The van der Waals surface area contributed by atoms with Crippen molar-refractivity contribution >= 4 is 23.4 Å². The Hall–Kier alpha value is -3.15. The van der Waals surface area contributed by atoms with E-state index in [2.05, 4.69) is 29.3 Å². The molecule has 152 valence electrons. The molecular weight excluding hydrogens is 366 g/mol. The molecule has 1 heterocycles. The van der Waals surface area contributed by atoms with Crippen molar-refractivity contribution in [2.75, 3.05) is 31.1 Å². The summed E-state index contributed by atoms with van der Waals surface area (Å²) in [6, 6.07) is 17.0. The first-order valence-electron chi connectivity index (χ1n) is 10.1. The van der Waals surface area contributed by atoms with E-state index in [-0.39, 0.29) is 24.3 Å². The first kappa shape index (κ1) is 20.6. The Kier molecular flexibility index (Phi) is 7.00. The molecule has 0 saturated heterocycles. The van der Waals surface area contributed by atoms with Crippen LogP contribution >= 0.6 is 0 Å². The fourth-order valence-electron chi connectivity index (χ4n) is 3.53. The zero-order chi connectivity index (χ0) is 20.6. The van der Waals surface area contributed by atoms with Crippen molar-refractivity contribution in [2.45, 2.75) is 26.2 Å². The third-order valence-electron chi connectivity index (χ3n) is 5.09. The average molecular weight is 393 g/mol. The number of benzene rings is 2. The molecular formula is C23H27N3O3. The van der Waals surface area contributed by atoms with Gasteiger partial charge in [0.05, 0.1) is 11.1 Å². The highest BCUT2D eigenvalue weighted by Crippen LogP contribution is 2.22. The van der Waals surface area contributed by atoms with E-state index in [0.29, 0.717) is 30.5 Å². The Balaban J connectivity index is 1.35. The Morgan fingerprint density at radius 3 is 2.17 bits per heavy atom. The van der Waals surface area contributed by atoms with Gasteiger partial charge in [0.2, 0.25) is 5.91 Å². The second kappa shape index (κ2) is 9.87. The summed E-state index contributed by atoms with van der Waals surface area (Å²) in [5.74, 6) is -0.595. The smallest absolute Gasteiger partial charge is 0.261 e. The van der Waals surface area contributed by atoms with E-state index in [9.17, 15) is 14.4 Å². The molecule has 0 aliphatic carbocycles. The summed E-state index contributed by atoms with van der Waals surface area (Å²) in [6.07, 6.45) is 1.61. The van der Waals surface area contributed by atoms with Gasteiger partial charge in [-0.15, -0.1) is 0 Å². The van der Waals surface area contributed by atoms with E-state index >= 15 is 0 Å². The lowest BCUT2D eigenvalue weighted by molar-refractivity contribution is -0.121. The highest BCUT2D eigenvalue weighted by atomic mass is 16.2. The van der Waals surface area contributed by atoms with Gasteiger partial charge >= 0.3 is 0 Å². The van der Waals surface area contributed by atoms with Crippen LogP contribution in [0.15, 0.2) is 54.6 Å². The normalized spacial score (nSPS) is 12.8. The molecule has 1 aliphatic rings. The van der Waals surface area contributed by atoms with Crippen LogP contribution in [0.5, 0.6) is 0 Å². The van der Waals surface area contributed by atoms with E-state index in [0.717, 1.165) is 19.5 Å². The standard InChI is InChI=1S/C23H27N3O3/c1-2-25(18-10-4-3-5-11-18)16-9-15-24-21(27)14-8-17-26-22(28)19-12-6-7-13-20(19)23(26)29/h3-7,10-13H,2,8-9,14-17H2,1H3,(H,24,27). The predicted molar refractivity (Wildman–Crippen MR) is 113 cm³/mol. The van der Waals surface area contributed by atoms with Gasteiger partial charge < -0.3 is 10.2 Å². The van der Waals surface area contributed by atoms with Crippen LogP contribution in [0.25, 0.3) is 0 Å². The van der Waals surface area contributed by atoms with Gasteiger partial charge in [0.15, 0.2) is 0 Å². The SMILES string of the molecule is CCN(CCCNC(=O)CCCN1C(=O)c2ccccc2C1=O)c1ccccc1. The molecule has 0 fully saturated rings. The number of fused-ring (bicyclic) bond motifs is 1. The van der Waals surface area contributed by atoms with Gasteiger partial charge in [0.1, 0.15) is 0 Å². The average Bonchev–Trinajstić information content (AvgIpc) is 2.99. The summed E-state index contributed by atoms with van der Waals surface area (Å²) in [7, 11) is 0. The maximum Gasteiger partial charge on any atom is 0.261 e. The first-order chi connectivity index (χ1) is 14.1. The van der Waals surface area contributed by atoms with E-state index in [1.807, 2.05) is 18.2 Å². The molecule has 2 aromatic carbocycles. The number of amides is 3. The minimum atomic E-state index is -0.272. The van der Waals surface area contributed by atoms with Crippen molar-refractivity contribution in [1.29, 1.82) is 0 Å². The maximum absolute atomic E-state index is 12.3. The van der Waals surface area contributed by atoms with E-state index < -0.39 is 0 Å². The van der Waals surface area contributed by atoms with Gasteiger partial charge in [0.25, 0.3) is 11.8 Å². The van der Waals surface area contributed by atoms with Crippen molar-refractivity contribution in [1.82, 2.24) is 10.2 Å². The van der Waals surface area contributed by atoms with Gasteiger partial charge in [-0.25, -0.2) is 0 Å². The second-order valence-electron chi connectivity index (χ2n) is 7.03.